The Balaban J connectivity index is 0.726. The van der Waals surface area contributed by atoms with Gasteiger partial charge in [-0.05, 0) is 105 Å². The van der Waals surface area contributed by atoms with Gasteiger partial charge in [0.1, 0.15) is 17.8 Å². The molecule has 2 aromatic heterocycles. The standard InChI is InChI=1S/C45H60N10O6/c1-44(2,3)38(41(59)55-26-32(56)18-36(55)42(60)61)49-40(58)28-8-12-45(13-9-28)20-30(21-45)52-14-10-27(11-15-52)29-22-47-43(48-23-29)53-16-17-54-31(25-53)24-46-39-35(54)19-34(50-51-39)33-6-4-5-7-37(33)57/h4-7,19,22-23,27-28,30-32,36,38,56-57H,8-18,20-21,24-26H2,1-3H3,(H,46,51)(H,49,58)(H,60,61)/t28-,30-,31-,32+,36-,38+,45?/m0/s1. The number of fused-ring (bicyclic) bond motifs is 3. The first-order chi connectivity index (χ1) is 29.2. The Morgan fingerprint density at radius 2 is 1.66 bits per heavy atom. The summed E-state index contributed by atoms with van der Waals surface area (Å²) in [5.74, 6) is 0.282. The Morgan fingerprint density at radius 3 is 2.34 bits per heavy atom. The van der Waals surface area contributed by atoms with Gasteiger partial charge in [-0.2, -0.15) is 0 Å². The van der Waals surface area contributed by atoms with Gasteiger partial charge in [0.2, 0.25) is 17.8 Å². The predicted molar refractivity (Wildman–Crippen MR) is 229 cm³/mol. The van der Waals surface area contributed by atoms with Crippen LogP contribution in [0.5, 0.6) is 5.75 Å². The number of carbonyl (C=O) groups is 3. The molecular weight excluding hydrogens is 777 g/mol. The van der Waals surface area contributed by atoms with Gasteiger partial charge in [0.15, 0.2) is 5.82 Å². The summed E-state index contributed by atoms with van der Waals surface area (Å²) in [4.78, 5) is 57.4. The molecule has 0 bridgehead atoms. The number of aromatic nitrogens is 4. The number of piperazine rings is 1. The van der Waals surface area contributed by atoms with Crippen molar-refractivity contribution in [1.29, 1.82) is 0 Å². The van der Waals surface area contributed by atoms with Crippen LogP contribution in [0.25, 0.3) is 11.3 Å². The number of aromatic hydroxyl groups is 1. The summed E-state index contributed by atoms with van der Waals surface area (Å²) in [6.07, 6.45) is 11.3. The van der Waals surface area contributed by atoms with Crippen molar-refractivity contribution in [2.45, 2.75) is 115 Å². The van der Waals surface area contributed by atoms with E-state index in [1.54, 1.807) is 12.1 Å². The fourth-order valence-electron chi connectivity index (χ4n) is 11.1. The molecule has 2 amide bonds. The lowest BCUT2D eigenvalue weighted by molar-refractivity contribution is -0.151. The fourth-order valence-corrected chi connectivity index (χ4v) is 11.1. The topological polar surface area (TPSA) is 200 Å². The summed E-state index contributed by atoms with van der Waals surface area (Å²) in [6, 6.07) is 8.06. The number of aliphatic hydroxyl groups is 1. The first-order valence-electron chi connectivity index (χ1n) is 22.2. The van der Waals surface area contributed by atoms with Crippen LogP contribution in [0.2, 0.25) is 0 Å². The van der Waals surface area contributed by atoms with Gasteiger partial charge in [-0.25, -0.2) is 14.8 Å². The average molecular weight is 837 g/mol. The van der Waals surface area contributed by atoms with E-state index in [1.807, 2.05) is 51.4 Å². The maximum absolute atomic E-state index is 13.6. The van der Waals surface area contributed by atoms with Gasteiger partial charge in [-0.15, -0.1) is 10.2 Å². The minimum absolute atomic E-state index is 0.00300. The quantitative estimate of drug-likeness (QED) is 0.219. The van der Waals surface area contributed by atoms with Gasteiger partial charge >= 0.3 is 5.97 Å². The molecule has 1 aromatic carbocycles. The van der Waals surface area contributed by atoms with Gasteiger partial charge in [0, 0.05) is 69.1 Å². The van der Waals surface area contributed by atoms with E-state index in [9.17, 15) is 29.7 Å². The average Bonchev–Trinajstić information content (AvgIpc) is 3.66. The lowest BCUT2D eigenvalue weighted by Gasteiger charge is -2.55. The number of benzene rings is 1. The van der Waals surface area contributed by atoms with E-state index in [0.29, 0.717) is 23.2 Å². The number of para-hydroxylation sites is 1. The molecule has 0 radical (unpaired) electrons. The second kappa shape index (κ2) is 16.3. The van der Waals surface area contributed by atoms with E-state index < -0.39 is 35.5 Å². The Labute approximate surface area is 357 Å². The van der Waals surface area contributed by atoms with Crippen LogP contribution in [0.15, 0.2) is 42.7 Å². The number of carboxylic acids is 1. The maximum atomic E-state index is 13.6. The highest BCUT2D eigenvalue weighted by atomic mass is 16.4. The highest BCUT2D eigenvalue weighted by molar-refractivity contribution is 5.92. The van der Waals surface area contributed by atoms with Gasteiger partial charge in [-0.1, -0.05) is 32.9 Å². The van der Waals surface area contributed by atoms with Crippen LogP contribution in [0.4, 0.5) is 17.5 Å². The molecule has 3 saturated heterocycles. The van der Waals surface area contributed by atoms with E-state index in [-0.39, 0.29) is 42.0 Å². The number of aliphatic carboxylic acids is 1. The lowest BCUT2D eigenvalue weighted by atomic mass is 9.56. The van der Waals surface area contributed by atoms with Crippen molar-refractivity contribution < 1.29 is 29.7 Å². The lowest BCUT2D eigenvalue weighted by Crippen LogP contribution is -2.58. The SMILES string of the molecule is CC(C)(C)[C@H](NC(=O)[C@H]1CCC2(CC1)C[C@H](N1CCC(c3cnc(N4CCN5c6cc(-c7ccccc7O)nnc6NC[C@H]5C4)nc3)CC1)C2)C(=O)N1C[C@H](O)C[C@H]1C(=O)O. The third kappa shape index (κ3) is 8.20. The van der Waals surface area contributed by atoms with Gasteiger partial charge in [0.25, 0.3) is 0 Å². The normalized spacial score (nSPS) is 28.7. The van der Waals surface area contributed by atoms with Crippen molar-refractivity contribution in [3.63, 3.8) is 0 Å². The number of hydrogen-bond acceptors (Lipinski definition) is 13. The number of likely N-dealkylation sites (tertiary alicyclic amines) is 2. The Kier molecular flexibility index (Phi) is 11.0. The molecule has 3 aromatic rings. The highest BCUT2D eigenvalue weighted by Gasteiger charge is 2.50. The molecule has 5 fully saturated rings. The Morgan fingerprint density at radius 1 is 0.934 bits per heavy atom. The van der Waals surface area contributed by atoms with Crippen LogP contribution >= 0.6 is 0 Å². The number of carbonyl (C=O) groups excluding carboxylic acids is 2. The van der Waals surface area contributed by atoms with Crippen molar-refractivity contribution in [3.05, 3.63) is 48.3 Å². The monoisotopic (exact) mass is 836 g/mol. The summed E-state index contributed by atoms with van der Waals surface area (Å²) in [5.41, 5.74) is 3.18. The second-order valence-electron chi connectivity index (χ2n) is 19.7. The van der Waals surface area contributed by atoms with Crippen LogP contribution in [-0.4, -0.2) is 139 Å². The van der Waals surface area contributed by atoms with Crippen molar-refractivity contribution in [2.75, 3.05) is 60.9 Å². The molecule has 16 nitrogen and oxygen atoms in total. The molecule has 16 heteroatoms. The van der Waals surface area contributed by atoms with Gasteiger partial charge in [-0.3, -0.25) is 9.59 Å². The fraction of sp³-hybridized carbons (Fsp3) is 0.622. The Bertz CT molecular complexity index is 2110. The van der Waals surface area contributed by atoms with Gasteiger partial charge < -0.3 is 45.6 Å². The van der Waals surface area contributed by atoms with Crippen LogP contribution in [0.3, 0.4) is 0 Å². The van der Waals surface area contributed by atoms with E-state index in [2.05, 4.69) is 35.5 Å². The number of rotatable bonds is 8. The summed E-state index contributed by atoms with van der Waals surface area (Å²) in [5, 5.41) is 45.5. The zero-order valence-corrected chi connectivity index (χ0v) is 35.5. The molecule has 6 heterocycles. The number of phenolic OH excluding ortho intramolecular Hbond substituents is 1. The number of nitrogens with zero attached hydrogens (tertiary/aromatic N) is 8. The summed E-state index contributed by atoms with van der Waals surface area (Å²) in [7, 11) is 0. The number of amides is 2. The maximum Gasteiger partial charge on any atom is 0.326 e. The zero-order valence-electron chi connectivity index (χ0n) is 35.5. The molecule has 326 valence electrons. The molecule has 6 aliphatic rings. The Hall–Kier alpha value is -5.09. The zero-order chi connectivity index (χ0) is 42.6. The van der Waals surface area contributed by atoms with Crippen molar-refractivity contribution in [2.24, 2.45) is 16.7 Å². The third-order valence-electron chi connectivity index (χ3n) is 14.7. The first kappa shape index (κ1) is 41.3. The molecule has 2 aliphatic carbocycles. The molecule has 9 rings (SSSR count). The molecule has 1 spiro atoms. The van der Waals surface area contributed by atoms with E-state index >= 15 is 0 Å². The van der Waals surface area contributed by atoms with Crippen molar-refractivity contribution in [3.8, 4) is 17.0 Å². The molecule has 5 N–H and O–H groups in total. The molecular formula is C45H60N10O6. The summed E-state index contributed by atoms with van der Waals surface area (Å²) in [6.45, 7) is 10.8. The van der Waals surface area contributed by atoms with E-state index in [4.69, 9.17) is 9.97 Å². The van der Waals surface area contributed by atoms with Crippen molar-refractivity contribution in [1.82, 2.24) is 35.3 Å². The number of β-amino-alcohol motifs (C(OH)–C–C–N with tert-alkyl or cyclic N) is 1. The minimum atomic E-state index is -1.14. The molecule has 4 atom stereocenters. The smallest absolute Gasteiger partial charge is 0.326 e. The number of phenols is 1. The van der Waals surface area contributed by atoms with Crippen LogP contribution in [0.1, 0.15) is 90.0 Å². The predicted octanol–water partition coefficient (Wildman–Crippen LogP) is 3.86. The number of carboxylic acid groups (broad SMARTS) is 1. The van der Waals surface area contributed by atoms with E-state index in [0.717, 1.165) is 95.2 Å². The summed E-state index contributed by atoms with van der Waals surface area (Å²) >= 11 is 0. The largest absolute Gasteiger partial charge is 0.507 e. The van der Waals surface area contributed by atoms with Crippen molar-refractivity contribution >= 4 is 35.2 Å². The third-order valence-corrected chi connectivity index (χ3v) is 14.7. The van der Waals surface area contributed by atoms with Gasteiger partial charge in [0.05, 0.1) is 23.5 Å². The highest BCUT2D eigenvalue weighted by Crippen LogP contribution is 2.55. The minimum Gasteiger partial charge on any atom is -0.507 e. The number of hydrogen-bond donors (Lipinski definition) is 5. The number of aliphatic hydroxyl groups excluding tert-OH is 1. The number of nitrogens with one attached hydrogen (secondary N) is 2. The van der Waals surface area contributed by atoms with Crippen LogP contribution in [0, 0.1) is 16.7 Å². The van der Waals surface area contributed by atoms with Crippen LogP contribution in [-0.2, 0) is 14.4 Å². The van der Waals surface area contributed by atoms with E-state index in [1.165, 1.54) is 23.3 Å². The molecule has 4 aliphatic heterocycles. The number of anilines is 3. The molecule has 61 heavy (non-hydrogen) atoms. The number of piperidine rings is 1. The summed E-state index contributed by atoms with van der Waals surface area (Å²) < 4.78 is 0. The molecule has 0 unspecified atom stereocenters. The first-order valence-corrected chi connectivity index (χ1v) is 22.2. The molecule has 2 saturated carbocycles. The van der Waals surface area contributed by atoms with Crippen LogP contribution < -0.4 is 20.4 Å². The second-order valence-corrected chi connectivity index (χ2v) is 19.7.